The molecule has 0 fully saturated rings. The van der Waals surface area contributed by atoms with E-state index in [-0.39, 0.29) is 0 Å². The molecule has 0 spiro atoms. The number of hydrogen-bond acceptors (Lipinski definition) is 5. The highest BCUT2D eigenvalue weighted by atomic mass is 32.2. The van der Waals surface area contributed by atoms with Gasteiger partial charge in [-0.2, -0.15) is 5.10 Å². The van der Waals surface area contributed by atoms with E-state index >= 15 is 0 Å². The third kappa shape index (κ3) is 2.19. The smallest absolute Gasteiger partial charge is 0.189 e. The molecule has 0 unspecified atom stereocenters. The maximum Gasteiger partial charge on any atom is 0.189 e. The van der Waals surface area contributed by atoms with Crippen molar-refractivity contribution >= 4 is 23.3 Å². The minimum atomic E-state index is 0.393. The van der Waals surface area contributed by atoms with Crippen LogP contribution < -0.4 is 5.01 Å². The lowest BCUT2D eigenvalue weighted by atomic mass is 10.2. The largest absolute Gasteiger partial charge is 0.245 e. The SMILES string of the molecule is CSc1nc(C)cc(N2N=C(C)C[C@@H]2C)n1. The highest BCUT2D eigenvalue weighted by Gasteiger charge is 2.23. The summed E-state index contributed by atoms with van der Waals surface area (Å²) in [5.41, 5.74) is 2.15. The van der Waals surface area contributed by atoms with Gasteiger partial charge in [-0.1, -0.05) is 11.8 Å². The molecule has 0 saturated carbocycles. The lowest BCUT2D eigenvalue weighted by Crippen LogP contribution is -2.24. The van der Waals surface area contributed by atoms with Crippen LogP contribution in [0.25, 0.3) is 0 Å². The average molecular weight is 236 g/mol. The summed E-state index contributed by atoms with van der Waals surface area (Å²) >= 11 is 1.56. The summed E-state index contributed by atoms with van der Waals surface area (Å²) in [4.78, 5) is 8.83. The Hall–Kier alpha value is -1.10. The Labute approximate surface area is 100 Å². The molecule has 1 atom stereocenters. The molecule has 0 saturated heterocycles. The number of hydrazone groups is 1. The summed E-state index contributed by atoms with van der Waals surface area (Å²) in [6.07, 6.45) is 3.00. The van der Waals surface area contributed by atoms with Crippen molar-refractivity contribution in [1.29, 1.82) is 0 Å². The first-order valence-corrected chi connectivity index (χ1v) is 6.55. The number of anilines is 1. The molecular formula is C11H16N4S. The molecule has 1 aliphatic heterocycles. The zero-order valence-corrected chi connectivity index (χ0v) is 10.9. The predicted octanol–water partition coefficient (Wildman–Crippen LogP) is 2.48. The maximum atomic E-state index is 4.51. The van der Waals surface area contributed by atoms with Crippen LogP contribution in [0, 0.1) is 6.92 Å². The second kappa shape index (κ2) is 4.41. The van der Waals surface area contributed by atoms with Gasteiger partial charge in [0, 0.05) is 23.9 Å². The average Bonchev–Trinajstić information content (AvgIpc) is 2.57. The van der Waals surface area contributed by atoms with Crippen molar-refractivity contribution in [3.8, 4) is 0 Å². The van der Waals surface area contributed by atoms with Crippen LogP contribution in [-0.4, -0.2) is 28.0 Å². The zero-order chi connectivity index (χ0) is 11.7. The molecule has 0 amide bonds. The van der Waals surface area contributed by atoms with Crippen LogP contribution in [0.2, 0.25) is 0 Å². The fraction of sp³-hybridized carbons (Fsp3) is 0.545. The Morgan fingerprint density at radius 3 is 2.69 bits per heavy atom. The van der Waals surface area contributed by atoms with E-state index in [1.807, 2.05) is 24.3 Å². The Bertz CT molecular complexity index is 430. The van der Waals surface area contributed by atoms with E-state index in [0.717, 1.165) is 28.8 Å². The second-order valence-electron chi connectivity index (χ2n) is 4.09. The standard InChI is InChI=1S/C11H16N4S/c1-7-6-10(13-11(12-7)16-4)15-9(3)5-8(2)14-15/h6,9H,5H2,1-4H3/t9-/m0/s1. The van der Waals surface area contributed by atoms with Gasteiger partial charge in [0.25, 0.3) is 0 Å². The Balaban J connectivity index is 2.36. The van der Waals surface area contributed by atoms with Crippen LogP contribution in [-0.2, 0) is 0 Å². The van der Waals surface area contributed by atoms with E-state index in [9.17, 15) is 0 Å². The zero-order valence-electron chi connectivity index (χ0n) is 10.1. The van der Waals surface area contributed by atoms with Crippen molar-refractivity contribution in [3.05, 3.63) is 11.8 Å². The summed E-state index contributed by atoms with van der Waals surface area (Å²) in [7, 11) is 0. The monoisotopic (exact) mass is 236 g/mol. The molecule has 0 bridgehead atoms. The lowest BCUT2D eigenvalue weighted by Gasteiger charge is -2.19. The molecule has 16 heavy (non-hydrogen) atoms. The minimum Gasteiger partial charge on any atom is -0.245 e. The topological polar surface area (TPSA) is 41.4 Å². The molecule has 0 radical (unpaired) electrons. The summed E-state index contributed by atoms with van der Waals surface area (Å²) in [5, 5.41) is 7.30. The molecule has 0 aliphatic carbocycles. The molecule has 1 aromatic heterocycles. The van der Waals surface area contributed by atoms with Crippen molar-refractivity contribution in [2.75, 3.05) is 11.3 Å². The molecule has 1 aliphatic rings. The lowest BCUT2D eigenvalue weighted by molar-refractivity contribution is 0.703. The molecule has 1 aromatic rings. The molecule has 4 nitrogen and oxygen atoms in total. The Kier molecular flexibility index (Phi) is 3.14. The summed E-state index contributed by atoms with van der Waals surface area (Å²) in [5.74, 6) is 0.904. The predicted molar refractivity (Wildman–Crippen MR) is 68.2 cm³/mol. The molecule has 0 aromatic carbocycles. The van der Waals surface area contributed by atoms with Crippen molar-refractivity contribution in [2.24, 2.45) is 5.10 Å². The summed E-state index contributed by atoms with van der Waals surface area (Å²) in [6.45, 7) is 6.21. The number of thioether (sulfide) groups is 1. The fourth-order valence-corrected chi connectivity index (χ4v) is 2.27. The Morgan fingerprint density at radius 1 is 1.38 bits per heavy atom. The molecule has 86 valence electrons. The van der Waals surface area contributed by atoms with Gasteiger partial charge in [0.2, 0.25) is 0 Å². The molecule has 5 heteroatoms. The van der Waals surface area contributed by atoms with Gasteiger partial charge in [-0.25, -0.2) is 15.0 Å². The van der Waals surface area contributed by atoms with E-state index in [2.05, 4.69) is 28.9 Å². The number of aromatic nitrogens is 2. The van der Waals surface area contributed by atoms with E-state index in [1.54, 1.807) is 11.8 Å². The van der Waals surface area contributed by atoms with Crippen molar-refractivity contribution in [3.63, 3.8) is 0 Å². The highest BCUT2D eigenvalue weighted by Crippen LogP contribution is 2.24. The van der Waals surface area contributed by atoms with E-state index < -0.39 is 0 Å². The van der Waals surface area contributed by atoms with Crippen LogP contribution >= 0.6 is 11.8 Å². The maximum absolute atomic E-state index is 4.51. The van der Waals surface area contributed by atoms with Crippen LogP contribution in [0.1, 0.15) is 26.0 Å². The van der Waals surface area contributed by atoms with Gasteiger partial charge in [0.05, 0.1) is 6.04 Å². The van der Waals surface area contributed by atoms with Gasteiger partial charge in [-0.05, 0) is 27.0 Å². The van der Waals surface area contributed by atoms with Crippen molar-refractivity contribution < 1.29 is 0 Å². The van der Waals surface area contributed by atoms with Crippen LogP contribution in [0.5, 0.6) is 0 Å². The first-order chi connectivity index (χ1) is 7.60. The third-order valence-corrected chi connectivity index (χ3v) is 3.07. The second-order valence-corrected chi connectivity index (χ2v) is 4.86. The highest BCUT2D eigenvalue weighted by molar-refractivity contribution is 7.98. The molecule has 0 N–H and O–H groups in total. The van der Waals surface area contributed by atoms with Gasteiger partial charge < -0.3 is 0 Å². The number of nitrogens with zero attached hydrogens (tertiary/aromatic N) is 4. The minimum absolute atomic E-state index is 0.393. The first-order valence-electron chi connectivity index (χ1n) is 5.33. The quantitative estimate of drug-likeness (QED) is 0.584. The third-order valence-electron chi connectivity index (χ3n) is 2.52. The Morgan fingerprint density at radius 2 is 2.12 bits per heavy atom. The molecular weight excluding hydrogens is 220 g/mol. The van der Waals surface area contributed by atoms with Gasteiger partial charge in [0.15, 0.2) is 11.0 Å². The number of rotatable bonds is 2. The summed E-state index contributed by atoms with van der Waals surface area (Å²) < 4.78 is 0. The van der Waals surface area contributed by atoms with Crippen LogP contribution in [0.15, 0.2) is 16.3 Å². The van der Waals surface area contributed by atoms with Crippen molar-refractivity contribution in [2.45, 2.75) is 38.4 Å². The first kappa shape index (κ1) is 11.4. The normalized spacial score (nSPS) is 20.1. The van der Waals surface area contributed by atoms with E-state index in [4.69, 9.17) is 0 Å². The number of hydrogen-bond donors (Lipinski definition) is 0. The fourth-order valence-electron chi connectivity index (χ4n) is 1.85. The van der Waals surface area contributed by atoms with Gasteiger partial charge in [-0.15, -0.1) is 0 Å². The molecule has 2 heterocycles. The summed E-state index contributed by atoms with van der Waals surface area (Å²) in [6, 6.07) is 2.38. The van der Waals surface area contributed by atoms with Gasteiger partial charge in [0.1, 0.15) is 0 Å². The van der Waals surface area contributed by atoms with Crippen LogP contribution in [0.4, 0.5) is 5.82 Å². The van der Waals surface area contributed by atoms with Crippen molar-refractivity contribution in [1.82, 2.24) is 9.97 Å². The molecule has 2 rings (SSSR count). The van der Waals surface area contributed by atoms with Gasteiger partial charge in [-0.3, -0.25) is 0 Å². The van der Waals surface area contributed by atoms with Crippen LogP contribution in [0.3, 0.4) is 0 Å². The van der Waals surface area contributed by atoms with E-state index in [1.165, 1.54) is 0 Å². The van der Waals surface area contributed by atoms with Gasteiger partial charge >= 0.3 is 0 Å². The van der Waals surface area contributed by atoms with E-state index in [0.29, 0.717) is 6.04 Å². The number of aryl methyl sites for hydroxylation is 1.